The number of hydrogen-bond donors (Lipinski definition) is 1. The van der Waals surface area contributed by atoms with E-state index in [0.29, 0.717) is 35.2 Å². The van der Waals surface area contributed by atoms with Crippen molar-refractivity contribution in [3.8, 4) is 0 Å². The number of nitrogens with zero attached hydrogens (tertiary/aromatic N) is 3. The Morgan fingerprint density at radius 2 is 1.52 bits per heavy atom. The maximum Gasteiger partial charge on any atom is 0.331 e. The van der Waals surface area contributed by atoms with Crippen molar-refractivity contribution < 1.29 is 4.79 Å². The van der Waals surface area contributed by atoms with Crippen LogP contribution in [0.1, 0.15) is 43.2 Å². The van der Waals surface area contributed by atoms with Gasteiger partial charge in [-0.2, -0.15) is 0 Å². The van der Waals surface area contributed by atoms with Gasteiger partial charge >= 0.3 is 5.69 Å². The molecule has 40 heavy (non-hydrogen) atoms. The number of carbonyl (C=O) groups excluding carboxylic acids is 1. The lowest BCUT2D eigenvalue weighted by Crippen LogP contribution is -2.44. The molecule has 1 saturated heterocycles. The first-order chi connectivity index (χ1) is 19.5. The summed E-state index contributed by atoms with van der Waals surface area (Å²) in [5, 5.41) is 4.24. The molecule has 4 aromatic rings. The number of carbonyl (C=O) groups is 1. The number of halogens is 1. The molecule has 0 radical (unpaired) electrons. The van der Waals surface area contributed by atoms with Crippen LogP contribution in [0.3, 0.4) is 0 Å². The maximum absolute atomic E-state index is 13.5. The molecule has 2 heterocycles. The Morgan fingerprint density at radius 3 is 2.30 bits per heavy atom. The Bertz CT molecular complexity index is 1570. The van der Waals surface area contributed by atoms with Gasteiger partial charge in [-0.05, 0) is 55.0 Å². The minimum Gasteiger partial charge on any atom is -0.353 e. The van der Waals surface area contributed by atoms with E-state index >= 15 is 0 Å². The van der Waals surface area contributed by atoms with Gasteiger partial charge in [0.05, 0.1) is 17.4 Å². The van der Waals surface area contributed by atoms with E-state index in [0.717, 1.165) is 38.0 Å². The first-order valence-electron chi connectivity index (χ1n) is 14.0. The fraction of sp³-hybridized carbons (Fsp3) is 0.344. The van der Waals surface area contributed by atoms with Crippen LogP contribution in [0.5, 0.6) is 0 Å². The molecule has 0 spiro atoms. The molecule has 0 bridgehead atoms. The molecule has 208 valence electrons. The number of benzene rings is 3. The van der Waals surface area contributed by atoms with Crippen LogP contribution < -0.4 is 16.6 Å². The van der Waals surface area contributed by atoms with Crippen molar-refractivity contribution in [2.45, 2.75) is 57.8 Å². The molecule has 3 aromatic carbocycles. The van der Waals surface area contributed by atoms with Crippen LogP contribution >= 0.6 is 11.6 Å². The standard InChI is InChI=1S/C32H35ClN4O3/c33-28-14-6-4-12-25(28)23-37-29-15-7-5-13-27(29)31(39)36(32(37)40)19-9-8-16-30(38)34-26-17-20-35(21-18-26)22-24-10-2-1-3-11-24/h1-7,10-15,26H,8-9,16-23H2,(H,34,38). The van der Waals surface area contributed by atoms with Gasteiger partial charge in [-0.25, -0.2) is 4.79 Å². The summed E-state index contributed by atoms with van der Waals surface area (Å²) in [4.78, 5) is 41.7. The maximum atomic E-state index is 13.5. The summed E-state index contributed by atoms with van der Waals surface area (Å²) in [6, 6.07) is 25.2. The van der Waals surface area contributed by atoms with E-state index in [1.54, 1.807) is 28.8 Å². The molecule has 0 unspecified atom stereocenters. The highest BCUT2D eigenvalue weighted by Gasteiger charge is 2.21. The molecule has 1 aliphatic rings. The minimum atomic E-state index is -0.365. The van der Waals surface area contributed by atoms with Crippen LogP contribution in [0, 0.1) is 0 Å². The van der Waals surface area contributed by atoms with Crippen molar-refractivity contribution in [2.75, 3.05) is 13.1 Å². The third kappa shape index (κ3) is 6.72. The zero-order valence-electron chi connectivity index (χ0n) is 22.6. The molecule has 1 N–H and O–H groups in total. The Balaban J connectivity index is 1.15. The monoisotopic (exact) mass is 558 g/mol. The van der Waals surface area contributed by atoms with E-state index in [1.807, 2.05) is 30.3 Å². The number of piperidine rings is 1. The van der Waals surface area contributed by atoms with Gasteiger partial charge in [0.2, 0.25) is 5.91 Å². The molecule has 0 saturated carbocycles. The van der Waals surface area contributed by atoms with Gasteiger partial charge in [0.15, 0.2) is 0 Å². The van der Waals surface area contributed by atoms with Crippen LogP contribution in [-0.4, -0.2) is 39.1 Å². The average Bonchev–Trinajstić information content (AvgIpc) is 2.97. The largest absolute Gasteiger partial charge is 0.353 e. The van der Waals surface area contributed by atoms with E-state index in [4.69, 9.17) is 11.6 Å². The quantitative estimate of drug-likeness (QED) is 0.283. The lowest BCUT2D eigenvalue weighted by Gasteiger charge is -2.32. The van der Waals surface area contributed by atoms with Gasteiger partial charge < -0.3 is 5.32 Å². The molecule has 5 rings (SSSR count). The van der Waals surface area contributed by atoms with E-state index < -0.39 is 0 Å². The summed E-state index contributed by atoms with van der Waals surface area (Å²) < 4.78 is 2.90. The van der Waals surface area contributed by atoms with E-state index in [-0.39, 0.29) is 36.3 Å². The molecule has 8 heteroatoms. The Labute approximate surface area is 239 Å². The Morgan fingerprint density at radius 1 is 0.825 bits per heavy atom. The summed E-state index contributed by atoms with van der Waals surface area (Å²) >= 11 is 6.37. The molecule has 1 aromatic heterocycles. The minimum absolute atomic E-state index is 0.0310. The molecule has 1 aliphatic heterocycles. The van der Waals surface area contributed by atoms with Crippen LogP contribution in [0.25, 0.3) is 10.9 Å². The Kier molecular flexibility index (Phi) is 9.14. The Hall–Kier alpha value is -3.68. The number of amides is 1. The fourth-order valence-corrected chi connectivity index (χ4v) is 5.65. The van der Waals surface area contributed by atoms with Crippen LogP contribution in [-0.2, 0) is 24.4 Å². The predicted octanol–water partition coefficient (Wildman–Crippen LogP) is 4.82. The number of unbranched alkanes of at least 4 members (excludes halogenated alkanes) is 1. The summed E-state index contributed by atoms with van der Waals surface area (Å²) in [5.74, 6) is 0.0310. The predicted molar refractivity (Wildman–Crippen MR) is 160 cm³/mol. The van der Waals surface area contributed by atoms with Crippen molar-refractivity contribution in [1.29, 1.82) is 0 Å². The van der Waals surface area contributed by atoms with Crippen molar-refractivity contribution in [1.82, 2.24) is 19.4 Å². The number of hydrogen-bond acceptors (Lipinski definition) is 4. The first kappa shape index (κ1) is 27.9. The second-order valence-corrected chi connectivity index (χ2v) is 10.9. The molecule has 1 fully saturated rings. The van der Waals surface area contributed by atoms with Crippen molar-refractivity contribution in [3.05, 3.63) is 116 Å². The zero-order chi connectivity index (χ0) is 27.9. The molecule has 0 atom stereocenters. The SMILES string of the molecule is O=C(CCCCn1c(=O)c2ccccc2n(Cc2ccccc2Cl)c1=O)NC1CCN(Cc2ccccc2)CC1. The fourth-order valence-electron chi connectivity index (χ4n) is 5.45. The van der Waals surface area contributed by atoms with Crippen molar-refractivity contribution >= 4 is 28.4 Å². The van der Waals surface area contributed by atoms with Crippen LogP contribution in [0.4, 0.5) is 0 Å². The highest BCUT2D eigenvalue weighted by Crippen LogP contribution is 2.18. The van der Waals surface area contributed by atoms with Crippen molar-refractivity contribution in [3.63, 3.8) is 0 Å². The first-order valence-corrected chi connectivity index (χ1v) is 14.4. The lowest BCUT2D eigenvalue weighted by molar-refractivity contribution is -0.122. The second kappa shape index (κ2) is 13.1. The van der Waals surface area contributed by atoms with E-state index in [9.17, 15) is 14.4 Å². The average molecular weight is 559 g/mol. The molecule has 1 amide bonds. The summed E-state index contributed by atoms with van der Waals surface area (Å²) in [6.45, 7) is 3.40. The number of aromatic nitrogens is 2. The van der Waals surface area contributed by atoms with Gasteiger partial charge in [-0.15, -0.1) is 0 Å². The van der Waals surface area contributed by atoms with Gasteiger partial charge in [0.1, 0.15) is 0 Å². The number of likely N-dealkylation sites (tertiary alicyclic amines) is 1. The highest BCUT2D eigenvalue weighted by atomic mass is 35.5. The lowest BCUT2D eigenvalue weighted by atomic mass is 10.0. The van der Waals surface area contributed by atoms with Gasteiger partial charge in [-0.3, -0.25) is 23.6 Å². The molecular weight excluding hydrogens is 524 g/mol. The summed E-state index contributed by atoms with van der Waals surface area (Å²) in [6.07, 6.45) is 3.41. The van der Waals surface area contributed by atoms with E-state index in [2.05, 4.69) is 34.5 Å². The van der Waals surface area contributed by atoms with Crippen LogP contribution in [0.15, 0.2) is 88.5 Å². The second-order valence-electron chi connectivity index (χ2n) is 10.5. The normalized spacial score (nSPS) is 14.4. The summed E-state index contributed by atoms with van der Waals surface area (Å²) in [5.41, 5.74) is 2.04. The van der Waals surface area contributed by atoms with Crippen LogP contribution in [0.2, 0.25) is 5.02 Å². The molecule has 7 nitrogen and oxygen atoms in total. The summed E-state index contributed by atoms with van der Waals surface area (Å²) in [7, 11) is 0. The zero-order valence-corrected chi connectivity index (χ0v) is 23.4. The number of fused-ring (bicyclic) bond motifs is 1. The molecular formula is C32H35ClN4O3. The van der Waals surface area contributed by atoms with Gasteiger partial charge in [0.25, 0.3) is 5.56 Å². The van der Waals surface area contributed by atoms with Crippen molar-refractivity contribution in [2.24, 2.45) is 0 Å². The third-order valence-corrected chi connectivity index (χ3v) is 8.02. The topological polar surface area (TPSA) is 76.3 Å². The van der Waals surface area contributed by atoms with Gasteiger partial charge in [0, 0.05) is 43.7 Å². The number of para-hydroxylation sites is 1. The number of rotatable bonds is 10. The smallest absolute Gasteiger partial charge is 0.331 e. The molecule has 0 aliphatic carbocycles. The van der Waals surface area contributed by atoms with E-state index in [1.165, 1.54) is 10.1 Å². The number of nitrogens with one attached hydrogen (secondary N) is 1. The van der Waals surface area contributed by atoms with Gasteiger partial charge in [-0.1, -0.05) is 72.3 Å². The third-order valence-electron chi connectivity index (χ3n) is 7.66. The highest BCUT2D eigenvalue weighted by molar-refractivity contribution is 6.31.